The molecule has 2 rings (SSSR count). The van der Waals surface area contributed by atoms with Crippen LogP contribution in [-0.4, -0.2) is 5.11 Å². The van der Waals surface area contributed by atoms with Crippen LogP contribution < -0.4 is 0 Å². The van der Waals surface area contributed by atoms with E-state index < -0.39 is 11.5 Å². The standard InChI is InChI=1S/C15H17BrClNO/c1-10-3-2-6-15(8-10,9-18)14(19)11-4-5-13(17)12(16)7-11/h4-5,7,10,14,19H,2-3,6,8H2,1H3. The number of nitrogens with zero attached hydrogens (tertiary/aromatic N) is 1. The average Bonchev–Trinajstić information content (AvgIpc) is 2.41. The van der Waals surface area contributed by atoms with Gasteiger partial charge in [-0.25, -0.2) is 0 Å². The van der Waals surface area contributed by atoms with E-state index in [1.54, 1.807) is 12.1 Å². The van der Waals surface area contributed by atoms with Crippen LogP contribution in [0.25, 0.3) is 0 Å². The summed E-state index contributed by atoms with van der Waals surface area (Å²) in [6.45, 7) is 2.15. The van der Waals surface area contributed by atoms with Crippen molar-refractivity contribution in [2.24, 2.45) is 11.3 Å². The highest BCUT2D eigenvalue weighted by Crippen LogP contribution is 2.48. The molecular formula is C15H17BrClNO. The molecule has 1 N–H and O–H groups in total. The lowest BCUT2D eigenvalue weighted by Gasteiger charge is -2.38. The molecule has 0 heterocycles. The van der Waals surface area contributed by atoms with Crippen LogP contribution in [0, 0.1) is 22.7 Å². The predicted molar refractivity (Wildman–Crippen MR) is 79.8 cm³/mol. The molecule has 1 aromatic rings. The number of rotatable bonds is 2. The SMILES string of the molecule is CC1CCCC(C#N)(C(O)c2ccc(Cl)c(Br)c2)C1. The molecular weight excluding hydrogens is 326 g/mol. The third-order valence-electron chi connectivity index (χ3n) is 4.04. The van der Waals surface area contributed by atoms with Crippen LogP contribution in [0.3, 0.4) is 0 Å². The lowest BCUT2D eigenvalue weighted by Crippen LogP contribution is -2.32. The first-order chi connectivity index (χ1) is 8.98. The van der Waals surface area contributed by atoms with Crippen molar-refractivity contribution < 1.29 is 5.11 Å². The summed E-state index contributed by atoms with van der Waals surface area (Å²) in [5, 5.41) is 20.8. The smallest absolute Gasteiger partial charge is 0.0976 e. The molecule has 2 nitrogen and oxygen atoms in total. The molecule has 1 saturated carbocycles. The van der Waals surface area contributed by atoms with Gasteiger partial charge in [0.05, 0.1) is 22.6 Å². The highest BCUT2D eigenvalue weighted by molar-refractivity contribution is 9.10. The first-order valence-corrected chi connectivity index (χ1v) is 7.70. The minimum Gasteiger partial charge on any atom is -0.387 e. The molecule has 102 valence electrons. The topological polar surface area (TPSA) is 44.0 Å². The Bertz CT molecular complexity index is 513. The normalized spacial score (nSPS) is 28.7. The summed E-state index contributed by atoms with van der Waals surface area (Å²) in [5.41, 5.74) is 0.0946. The summed E-state index contributed by atoms with van der Waals surface area (Å²) >= 11 is 9.33. The van der Waals surface area contributed by atoms with Crippen molar-refractivity contribution in [2.75, 3.05) is 0 Å². The lowest BCUT2D eigenvalue weighted by molar-refractivity contribution is 0.0219. The van der Waals surface area contributed by atoms with Crippen molar-refractivity contribution in [3.8, 4) is 6.07 Å². The zero-order valence-electron chi connectivity index (χ0n) is 10.9. The number of hydrogen-bond donors (Lipinski definition) is 1. The lowest BCUT2D eigenvalue weighted by atomic mass is 9.66. The van der Waals surface area contributed by atoms with Gasteiger partial charge in [0.25, 0.3) is 0 Å². The third-order valence-corrected chi connectivity index (χ3v) is 5.25. The Morgan fingerprint density at radius 1 is 1.58 bits per heavy atom. The highest BCUT2D eigenvalue weighted by atomic mass is 79.9. The van der Waals surface area contributed by atoms with Crippen LogP contribution in [-0.2, 0) is 0 Å². The van der Waals surface area contributed by atoms with E-state index in [-0.39, 0.29) is 0 Å². The molecule has 19 heavy (non-hydrogen) atoms. The summed E-state index contributed by atoms with van der Waals surface area (Å²) in [6, 6.07) is 7.75. The van der Waals surface area contributed by atoms with Gasteiger partial charge in [-0.1, -0.05) is 37.4 Å². The molecule has 1 aliphatic rings. The molecule has 0 amide bonds. The summed E-state index contributed by atoms with van der Waals surface area (Å²) in [7, 11) is 0. The molecule has 0 radical (unpaired) electrons. The Kier molecular flexibility index (Phi) is 4.55. The van der Waals surface area contributed by atoms with E-state index in [4.69, 9.17) is 11.6 Å². The van der Waals surface area contributed by atoms with Crippen molar-refractivity contribution >= 4 is 27.5 Å². The maximum Gasteiger partial charge on any atom is 0.0976 e. The van der Waals surface area contributed by atoms with Crippen molar-refractivity contribution in [3.05, 3.63) is 33.3 Å². The van der Waals surface area contributed by atoms with E-state index >= 15 is 0 Å². The number of aliphatic hydroxyl groups excluding tert-OH is 1. The van der Waals surface area contributed by atoms with Gasteiger partial charge in [0.1, 0.15) is 0 Å². The third kappa shape index (κ3) is 2.97. The molecule has 0 spiro atoms. The second-order valence-corrected chi connectivity index (χ2v) is 6.81. The Hall–Kier alpha value is -0.560. The first kappa shape index (κ1) is 14.8. The van der Waals surface area contributed by atoms with E-state index in [1.165, 1.54) is 0 Å². The van der Waals surface area contributed by atoms with Gasteiger partial charge in [0, 0.05) is 4.47 Å². The fourth-order valence-electron chi connectivity index (χ4n) is 3.00. The van der Waals surface area contributed by atoms with Crippen molar-refractivity contribution in [1.29, 1.82) is 5.26 Å². The van der Waals surface area contributed by atoms with E-state index in [2.05, 4.69) is 28.9 Å². The molecule has 1 aromatic carbocycles. The molecule has 0 aliphatic heterocycles. The molecule has 1 aliphatic carbocycles. The first-order valence-electron chi connectivity index (χ1n) is 6.53. The van der Waals surface area contributed by atoms with Crippen LogP contribution >= 0.6 is 27.5 Å². The van der Waals surface area contributed by atoms with Gasteiger partial charge in [0.15, 0.2) is 0 Å². The monoisotopic (exact) mass is 341 g/mol. The number of nitriles is 1. The molecule has 4 heteroatoms. The predicted octanol–water partition coefficient (Wildman–Crippen LogP) is 4.86. The summed E-state index contributed by atoms with van der Waals surface area (Å²) < 4.78 is 0.752. The number of aliphatic hydroxyl groups is 1. The van der Waals surface area contributed by atoms with Crippen molar-refractivity contribution in [1.82, 2.24) is 0 Å². The fraction of sp³-hybridized carbons (Fsp3) is 0.533. The van der Waals surface area contributed by atoms with Gasteiger partial charge in [-0.15, -0.1) is 0 Å². The number of hydrogen-bond acceptors (Lipinski definition) is 2. The Balaban J connectivity index is 2.32. The van der Waals surface area contributed by atoms with Crippen molar-refractivity contribution in [3.63, 3.8) is 0 Å². The Labute approximate surface area is 127 Å². The van der Waals surface area contributed by atoms with Crippen LogP contribution in [0.5, 0.6) is 0 Å². The molecule has 1 fully saturated rings. The molecule has 0 saturated heterocycles. The number of benzene rings is 1. The highest BCUT2D eigenvalue weighted by Gasteiger charge is 2.42. The molecule has 3 unspecified atom stereocenters. The van der Waals surface area contributed by atoms with Crippen molar-refractivity contribution in [2.45, 2.75) is 38.7 Å². The Morgan fingerprint density at radius 3 is 2.89 bits per heavy atom. The van der Waals surface area contributed by atoms with Gasteiger partial charge >= 0.3 is 0 Å². The van der Waals surface area contributed by atoms with Crippen LogP contribution in [0.1, 0.15) is 44.3 Å². The largest absolute Gasteiger partial charge is 0.387 e. The Morgan fingerprint density at radius 2 is 2.32 bits per heavy atom. The zero-order chi connectivity index (χ0) is 14.0. The van der Waals surface area contributed by atoms with Crippen LogP contribution in [0.2, 0.25) is 5.02 Å². The summed E-state index contributed by atoms with van der Waals surface area (Å²) in [4.78, 5) is 0. The van der Waals surface area contributed by atoms with Gasteiger partial charge < -0.3 is 5.11 Å². The molecule has 0 bridgehead atoms. The van der Waals surface area contributed by atoms with Gasteiger partial charge in [0.2, 0.25) is 0 Å². The summed E-state index contributed by atoms with van der Waals surface area (Å²) in [5.74, 6) is 0.485. The fourth-order valence-corrected chi connectivity index (χ4v) is 3.52. The maximum atomic E-state index is 10.6. The minimum atomic E-state index is -0.756. The van der Waals surface area contributed by atoms with Gasteiger partial charge in [-0.05, 0) is 52.4 Å². The van der Waals surface area contributed by atoms with E-state index in [1.807, 2.05) is 6.07 Å². The van der Waals surface area contributed by atoms with E-state index in [9.17, 15) is 10.4 Å². The number of halogens is 2. The van der Waals surface area contributed by atoms with Crippen LogP contribution in [0.4, 0.5) is 0 Å². The van der Waals surface area contributed by atoms with E-state index in [0.717, 1.165) is 35.7 Å². The quantitative estimate of drug-likeness (QED) is 0.834. The minimum absolute atomic E-state index is 0.485. The van der Waals surface area contributed by atoms with E-state index in [0.29, 0.717) is 10.9 Å². The molecule has 3 atom stereocenters. The van der Waals surface area contributed by atoms with Crippen LogP contribution in [0.15, 0.2) is 22.7 Å². The second kappa shape index (κ2) is 5.83. The average molecular weight is 343 g/mol. The van der Waals surface area contributed by atoms with Gasteiger partial charge in [-0.2, -0.15) is 5.26 Å². The molecule has 0 aromatic heterocycles. The summed E-state index contributed by atoms with van der Waals surface area (Å²) in [6.07, 6.45) is 2.90. The second-order valence-electron chi connectivity index (χ2n) is 5.55. The zero-order valence-corrected chi connectivity index (χ0v) is 13.2. The van der Waals surface area contributed by atoms with Gasteiger partial charge in [-0.3, -0.25) is 0 Å². The maximum absolute atomic E-state index is 10.6.